The number of hydrogen-bond acceptors (Lipinski definition) is 4. The van der Waals surface area contributed by atoms with Crippen molar-refractivity contribution in [2.75, 3.05) is 12.4 Å². The average Bonchev–Trinajstić information content (AvgIpc) is 2.45. The summed E-state index contributed by atoms with van der Waals surface area (Å²) in [5, 5.41) is 8.48. The number of methoxy groups -OCH3 is 1. The summed E-state index contributed by atoms with van der Waals surface area (Å²) in [6.45, 7) is 0. The van der Waals surface area contributed by atoms with Crippen LogP contribution in [0, 0.1) is 5.82 Å². The molecule has 1 aromatic rings. The summed E-state index contributed by atoms with van der Waals surface area (Å²) in [5.41, 5.74) is -4.74. The van der Waals surface area contributed by atoms with Gasteiger partial charge in [0.05, 0.1) is 12.8 Å². The largest absolute Gasteiger partial charge is 0.467 e. The number of esters is 1. The number of nitrogens with one attached hydrogen (secondary N) is 1. The van der Waals surface area contributed by atoms with Crippen molar-refractivity contribution in [1.82, 2.24) is 0 Å². The molecule has 0 saturated heterocycles. The van der Waals surface area contributed by atoms with E-state index in [0.29, 0.717) is 7.11 Å². The Morgan fingerprint density at radius 3 is 2.32 bits per heavy atom. The Hall–Kier alpha value is -1.87. The third kappa shape index (κ3) is 3.30. The van der Waals surface area contributed by atoms with Crippen molar-refractivity contribution in [2.24, 2.45) is 0 Å². The van der Waals surface area contributed by atoms with Crippen LogP contribution in [0.15, 0.2) is 24.3 Å². The van der Waals surface area contributed by atoms with Gasteiger partial charge in [0, 0.05) is 0 Å². The van der Waals surface area contributed by atoms with Crippen LogP contribution >= 0.6 is 11.6 Å². The Bertz CT molecular complexity index is 580. The molecule has 122 valence electrons. The number of anilines is 1. The van der Waals surface area contributed by atoms with Crippen molar-refractivity contribution in [1.29, 1.82) is 0 Å². The van der Waals surface area contributed by atoms with E-state index in [9.17, 15) is 32.3 Å². The highest BCUT2D eigenvalue weighted by Gasteiger charge is 2.67. The molecule has 2 N–H and O–H groups in total. The van der Waals surface area contributed by atoms with Crippen LogP contribution in [0.4, 0.5) is 23.2 Å². The minimum absolute atomic E-state index is 0.465. The third-order valence-electron chi connectivity index (χ3n) is 2.66. The molecule has 0 spiro atoms. The zero-order valence-corrected chi connectivity index (χ0v) is 11.7. The van der Waals surface area contributed by atoms with Crippen LogP contribution in [-0.4, -0.2) is 41.2 Å². The van der Waals surface area contributed by atoms with Gasteiger partial charge in [-0.3, -0.25) is 4.79 Å². The number of carbonyl (C=O) groups is 2. The quantitative estimate of drug-likeness (QED) is 0.497. The molecule has 0 fully saturated rings. The lowest BCUT2D eigenvalue weighted by atomic mass is 9.98. The van der Waals surface area contributed by atoms with Crippen LogP contribution < -0.4 is 5.32 Å². The SMILES string of the molecule is COC(=O)[C@](O)([C@H](Cl)C(=O)Nc1ccccc1F)C(F)(F)F. The van der Waals surface area contributed by atoms with E-state index >= 15 is 0 Å². The number of alkyl halides is 4. The summed E-state index contributed by atoms with van der Waals surface area (Å²) >= 11 is 5.29. The molecule has 10 heteroatoms. The molecular formula is C12H10ClF4NO4. The van der Waals surface area contributed by atoms with E-state index in [4.69, 9.17) is 11.6 Å². The summed E-state index contributed by atoms with van der Waals surface area (Å²) in [7, 11) is 0.581. The molecule has 1 amide bonds. The van der Waals surface area contributed by atoms with Crippen LogP contribution in [0.1, 0.15) is 0 Å². The predicted octanol–water partition coefficient (Wildman–Crippen LogP) is 1.84. The van der Waals surface area contributed by atoms with Gasteiger partial charge in [-0.1, -0.05) is 12.1 Å². The molecule has 0 aromatic heterocycles. The van der Waals surface area contributed by atoms with E-state index in [1.54, 1.807) is 5.32 Å². The van der Waals surface area contributed by atoms with Gasteiger partial charge in [0.25, 0.3) is 5.60 Å². The van der Waals surface area contributed by atoms with Crippen molar-refractivity contribution in [3.8, 4) is 0 Å². The molecule has 1 rings (SSSR count). The first-order chi connectivity index (χ1) is 10.1. The fourth-order valence-electron chi connectivity index (χ4n) is 1.47. The number of carbonyl (C=O) groups excluding carboxylic acids is 2. The van der Waals surface area contributed by atoms with Gasteiger partial charge in [-0.05, 0) is 12.1 Å². The lowest BCUT2D eigenvalue weighted by Crippen LogP contribution is -2.62. The molecule has 22 heavy (non-hydrogen) atoms. The van der Waals surface area contributed by atoms with E-state index in [1.807, 2.05) is 0 Å². The molecule has 0 heterocycles. The summed E-state index contributed by atoms with van der Waals surface area (Å²) in [5.74, 6) is -4.73. The number of halogens is 5. The highest BCUT2D eigenvalue weighted by atomic mass is 35.5. The van der Waals surface area contributed by atoms with Gasteiger partial charge < -0.3 is 15.2 Å². The number of ether oxygens (including phenoxy) is 1. The first-order valence-corrected chi connectivity index (χ1v) is 6.06. The predicted molar refractivity (Wildman–Crippen MR) is 67.7 cm³/mol. The van der Waals surface area contributed by atoms with Crippen molar-refractivity contribution in [3.63, 3.8) is 0 Å². The number of para-hydroxylation sites is 1. The Labute approximate surface area is 126 Å². The van der Waals surface area contributed by atoms with Crippen LogP contribution in [0.2, 0.25) is 0 Å². The van der Waals surface area contributed by atoms with Gasteiger partial charge in [-0.15, -0.1) is 11.6 Å². The summed E-state index contributed by atoms with van der Waals surface area (Å²) in [6, 6.07) is 4.58. The number of amides is 1. The summed E-state index contributed by atoms with van der Waals surface area (Å²) < 4.78 is 55.8. The molecule has 0 aliphatic heterocycles. The van der Waals surface area contributed by atoms with Crippen LogP contribution in [0.5, 0.6) is 0 Å². The molecule has 5 nitrogen and oxygen atoms in total. The second-order valence-corrected chi connectivity index (χ2v) is 4.52. The highest BCUT2D eigenvalue weighted by Crippen LogP contribution is 2.37. The number of aliphatic hydroxyl groups is 1. The number of rotatable bonds is 4. The minimum atomic E-state index is -5.58. The van der Waals surface area contributed by atoms with Crippen molar-refractivity contribution in [2.45, 2.75) is 17.2 Å². The first-order valence-electron chi connectivity index (χ1n) is 5.62. The molecule has 0 radical (unpaired) electrons. The van der Waals surface area contributed by atoms with Crippen molar-refractivity contribution >= 4 is 29.2 Å². The Morgan fingerprint density at radius 1 is 1.32 bits per heavy atom. The molecule has 2 atom stereocenters. The fourth-order valence-corrected chi connectivity index (χ4v) is 1.73. The van der Waals surface area contributed by atoms with Gasteiger partial charge in [0.2, 0.25) is 5.91 Å². The van der Waals surface area contributed by atoms with Crippen LogP contribution in [-0.2, 0) is 14.3 Å². The first kappa shape index (κ1) is 18.2. The van der Waals surface area contributed by atoms with Gasteiger partial charge in [-0.25, -0.2) is 9.18 Å². The standard InChI is InChI=1S/C12H10ClF4NO4/c1-22-10(20)11(21,12(15,16)17)8(13)9(19)18-7-5-3-2-4-6(7)14/h2-5,8,21H,1H3,(H,18,19)/t8-,11-/m1/s1. The Balaban J connectivity index is 3.10. The molecule has 0 saturated carbocycles. The van der Waals surface area contributed by atoms with E-state index < -0.39 is 40.5 Å². The maximum atomic E-state index is 13.3. The van der Waals surface area contributed by atoms with Gasteiger partial charge in [0.15, 0.2) is 5.38 Å². The van der Waals surface area contributed by atoms with Crippen molar-refractivity contribution < 1.29 is 37.0 Å². The highest BCUT2D eigenvalue weighted by molar-refractivity contribution is 6.35. The maximum absolute atomic E-state index is 13.3. The topological polar surface area (TPSA) is 75.6 Å². The summed E-state index contributed by atoms with van der Waals surface area (Å²) in [4.78, 5) is 22.9. The lowest BCUT2D eigenvalue weighted by Gasteiger charge is -2.30. The monoisotopic (exact) mass is 343 g/mol. The van der Waals surface area contributed by atoms with E-state index in [1.165, 1.54) is 12.1 Å². The van der Waals surface area contributed by atoms with E-state index in [0.717, 1.165) is 12.1 Å². The van der Waals surface area contributed by atoms with Crippen LogP contribution in [0.3, 0.4) is 0 Å². The Kier molecular flexibility index (Phi) is 5.36. The Morgan fingerprint density at radius 2 is 1.86 bits per heavy atom. The minimum Gasteiger partial charge on any atom is -0.467 e. The van der Waals surface area contributed by atoms with Crippen LogP contribution in [0.25, 0.3) is 0 Å². The van der Waals surface area contributed by atoms with E-state index in [2.05, 4.69) is 4.74 Å². The lowest BCUT2D eigenvalue weighted by molar-refractivity contribution is -0.260. The molecule has 0 unspecified atom stereocenters. The van der Waals surface area contributed by atoms with Gasteiger partial charge in [-0.2, -0.15) is 13.2 Å². The second-order valence-electron chi connectivity index (χ2n) is 4.09. The molecule has 0 aliphatic rings. The average molecular weight is 344 g/mol. The smallest absolute Gasteiger partial charge is 0.430 e. The van der Waals surface area contributed by atoms with Crippen molar-refractivity contribution in [3.05, 3.63) is 30.1 Å². The zero-order chi connectivity index (χ0) is 17.1. The molecule has 0 aliphatic carbocycles. The molecule has 1 aromatic carbocycles. The van der Waals surface area contributed by atoms with Gasteiger partial charge in [0.1, 0.15) is 5.82 Å². The summed E-state index contributed by atoms with van der Waals surface area (Å²) in [6.07, 6.45) is -5.58. The second kappa shape index (κ2) is 6.49. The number of hydrogen-bond donors (Lipinski definition) is 2. The zero-order valence-electron chi connectivity index (χ0n) is 10.9. The third-order valence-corrected chi connectivity index (χ3v) is 3.17. The molecule has 0 bridgehead atoms. The number of benzene rings is 1. The normalized spacial score (nSPS) is 15.6. The van der Waals surface area contributed by atoms with E-state index in [-0.39, 0.29) is 0 Å². The maximum Gasteiger partial charge on any atom is 0.430 e. The molecular weight excluding hydrogens is 334 g/mol. The van der Waals surface area contributed by atoms with Gasteiger partial charge >= 0.3 is 12.1 Å². The fraction of sp³-hybridized carbons (Fsp3) is 0.333.